The number of nitrogens with zero attached hydrogens (tertiary/aromatic N) is 1. The molecule has 4 fully saturated rings. The second-order valence-electron chi connectivity index (χ2n) is 20.6. The molecule has 5 rings (SSSR count). The van der Waals surface area contributed by atoms with Crippen LogP contribution >= 0.6 is 0 Å². The molecule has 2 unspecified atom stereocenters. The van der Waals surface area contributed by atoms with Gasteiger partial charge in [-0.25, -0.2) is 14.0 Å². The summed E-state index contributed by atoms with van der Waals surface area (Å²) in [6.07, 6.45) is -2.57. The Morgan fingerprint density at radius 2 is 1.67 bits per heavy atom. The second kappa shape index (κ2) is 20.3. The van der Waals surface area contributed by atoms with E-state index in [0.717, 1.165) is 0 Å². The Hall–Kier alpha value is -3.36. The normalized spacial score (nSPS) is 43.5. The van der Waals surface area contributed by atoms with Gasteiger partial charge in [-0.1, -0.05) is 39.3 Å². The number of hydrogen-bond acceptors (Lipinski definition) is 16. The number of rotatable bonds is 11. The highest BCUT2D eigenvalue weighted by atomic mass is 19.1. The highest BCUT2D eigenvalue weighted by molar-refractivity contribution is 6.01. The molecule has 1 heterocycles. The summed E-state index contributed by atoms with van der Waals surface area (Å²) in [5.41, 5.74) is -4.56. The van der Waals surface area contributed by atoms with Crippen LogP contribution in [-0.4, -0.2) is 151 Å². The van der Waals surface area contributed by atoms with Gasteiger partial charge in [-0.05, 0) is 130 Å². The topological polar surface area (TPSA) is 276 Å². The first-order chi connectivity index (χ1) is 30.7. The number of aliphatic hydroxyl groups excluding tert-OH is 4. The van der Waals surface area contributed by atoms with Gasteiger partial charge in [0.05, 0.1) is 36.3 Å². The molecule has 17 nitrogen and oxygen atoms in total. The van der Waals surface area contributed by atoms with Crippen molar-refractivity contribution < 1.29 is 73.2 Å². The van der Waals surface area contributed by atoms with Gasteiger partial charge in [0.25, 0.3) is 0 Å². The summed E-state index contributed by atoms with van der Waals surface area (Å²) in [7, 11) is 0. The van der Waals surface area contributed by atoms with E-state index in [9.17, 15) is 54.6 Å². The number of carbonyl (C=O) groups is 5. The number of esters is 3. The van der Waals surface area contributed by atoms with Crippen LogP contribution < -0.4 is 11.1 Å². The van der Waals surface area contributed by atoms with E-state index in [1.807, 2.05) is 4.90 Å². The van der Waals surface area contributed by atoms with Gasteiger partial charge in [-0.15, -0.1) is 0 Å². The van der Waals surface area contributed by atoms with Gasteiger partial charge in [0, 0.05) is 35.3 Å². The fraction of sp³-hybridized carbons (Fsp3) is 0.812. The lowest BCUT2D eigenvalue weighted by molar-refractivity contribution is -0.230. The zero-order valence-corrected chi connectivity index (χ0v) is 40.0. The van der Waals surface area contributed by atoms with Gasteiger partial charge in [-0.2, -0.15) is 0 Å². The van der Waals surface area contributed by atoms with Crippen molar-refractivity contribution in [1.82, 2.24) is 10.2 Å². The van der Waals surface area contributed by atoms with Crippen molar-refractivity contribution in [3.63, 3.8) is 0 Å². The van der Waals surface area contributed by atoms with E-state index < -0.39 is 118 Å². The molecular weight excluding hydrogens is 862 g/mol. The number of alkyl halides is 1. The number of allylic oxidation sites excluding steroid dienone is 4. The Morgan fingerprint density at radius 1 is 0.985 bits per heavy atom. The number of aliphatic hydroxyl groups is 6. The average molecular weight is 938 g/mol. The molecule has 4 aliphatic carbocycles. The molecule has 0 spiro atoms. The van der Waals surface area contributed by atoms with Crippen molar-refractivity contribution in [2.24, 2.45) is 40.2 Å². The van der Waals surface area contributed by atoms with Crippen LogP contribution in [0.1, 0.15) is 126 Å². The molecule has 3 saturated carbocycles. The van der Waals surface area contributed by atoms with E-state index in [4.69, 9.17) is 19.9 Å². The Balaban J connectivity index is 1.26. The Kier molecular flexibility index (Phi) is 16.5. The van der Waals surface area contributed by atoms with E-state index in [1.54, 1.807) is 41.5 Å². The summed E-state index contributed by atoms with van der Waals surface area (Å²) in [6.45, 7) is 14.0. The number of nitrogens with two attached hydrogens (primary N) is 1. The van der Waals surface area contributed by atoms with Crippen LogP contribution in [0, 0.1) is 34.5 Å². The molecular formula is C48H76FN3O14. The van der Waals surface area contributed by atoms with Crippen molar-refractivity contribution in [2.75, 3.05) is 26.2 Å². The fourth-order valence-electron chi connectivity index (χ4n) is 12.5. The predicted octanol–water partition coefficient (Wildman–Crippen LogP) is 2.68. The summed E-state index contributed by atoms with van der Waals surface area (Å²) < 4.78 is 34.4. The molecule has 0 aromatic carbocycles. The maximum atomic E-state index is 17.7. The van der Waals surface area contributed by atoms with E-state index >= 15 is 4.39 Å². The second-order valence-corrected chi connectivity index (χ2v) is 20.6. The number of hydrogen-bond donors (Lipinski definition) is 8. The van der Waals surface area contributed by atoms with Crippen molar-refractivity contribution in [3.8, 4) is 0 Å². The molecule has 66 heavy (non-hydrogen) atoms. The number of primary amides is 1. The van der Waals surface area contributed by atoms with E-state index in [-0.39, 0.29) is 63.7 Å². The number of fused-ring (bicyclic) bond motifs is 5. The van der Waals surface area contributed by atoms with Crippen molar-refractivity contribution in [1.29, 1.82) is 0 Å². The molecule has 374 valence electrons. The molecule has 1 saturated heterocycles. The summed E-state index contributed by atoms with van der Waals surface area (Å²) in [4.78, 5) is 67.0. The van der Waals surface area contributed by atoms with Crippen molar-refractivity contribution >= 4 is 29.8 Å². The number of cyclic esters (lactones) is 1. The van der Waals surface area contributed by atoms with Gasteiger partial charge >= 0.3 is 24.0 Å². The minimum Gasteiger partial charge on any atom is -0.459 e. The quantitative estimate of drug-likeness (QED) is 0.0640. The molecule has 0 aromatic heterocycles. The number of amides is 1. The Morgan fingerprint density at radius 3 is 2.30 bits per heavy atom. The van der Waals surface area contributed by atoms with Crippen LogP contribution in [0.3, 0.4) is 0 Å². The van der Waals surface area contributed by atoms with Crippen LogP contribution in [0.25, 0.3) is 0 Å². The fourth-order valence-corrected chi connectivity index (χ4v) is 12.5. The molecule has 0 radical (unpaired) electrons. The van der Waals surface area contributed by atoms with Crippen molar-refractivity contribution in [3.05, 3.63) is 23.8 Å². The SMILES string of the molecule is CC[C@H]1OC(=O)[C@H](C)[C@@H](O)[C@H](C)[C@@H](O)[C@@](O)(CC)CCCN(CCCNCCC(=O)O[C@]2(C(=O)OC(N)=O)CCC3C4CCC5=CC(=O)C=C[C@]5(C)[C@@]4(F)[C@@H](O)C[C@@]32C)[C@H](C)[C@@H](O)[C@]1(C)O. The minimum atomic E-state index is -2.21. The van der Waals surface area contributed by atoms with Crippen LogP contribution in [-0.2, 0) is 33.4 Å². The maximum absolute atomic E-state index is 17.7. The summed E-state index contributed by atoms with van der Waals surface area (Å²) in [5, 5.41) is 72.3. The molecule has 1 amide bonds. The molecule has 18 heteroatoms. The molecule has 5 aliphatic rings. The first-order valence-corrected chi connectivity index (χ1v) is 23.9. The average Bonchev–Trinajstić information content (AvgIpc) is 3.55. The number of halogens is 1. The van der Waals surface area contributed by atoms with Crippen LogP contribution in [0.4, 0.5) is 9.18 Å². The number of nitrogens with one attached hydrogen (secondary N) is 1. The van der Waals surface area contributed by atoms with Crippen molar-refractivity contribution in [2.45, 2.75) is 185 Å². The lowest BCUT2D eigenvalue weighted by Crippen LogP contribution is -2.69. The van der Waals surface area contributed by atoms with E-state index in [2.05, 4.69) is 5.32 Å². The third kappa shape index (κ3) is 9.51. The lowest BCUT2D eigenvalue weighted by atomic mass is 9.45. The summed E-state index contributed by atoms with van der Waals surface area (Å²) in [5.74, 6) is -6.46. The summed E-state index contributed by atoms with van der Waals surface area (Å²) in [6, 6.07) is -0.693. The molecule has 0 aromatic rings. The highest BCUT2D eigenvalue weighted by Gasteiger charge is 2.76. The molecule has 16 atom stereocenters. The van der Waals surface area contributed by atoms with Gasteiger partial charge in [-0.3, -0.25) is 19.3 Å². The molecule has 9 N–H and O–H groups in total. The summed E-state index contributed by atoms with van der Waals surface area (Å²) >= 11 is 0. The third-order valence-electron chi connectivity index (χ3n) is 16.9. The van der Waals surface area contributed by atoms with Crippen LogP contribution in [0.2, 0.25) is 0 Å². The maximum Gasteiger partial charge on any atom is 0.412 e. The largest absolute Gasteiger partial charge is 0.459 e. The monoisotopic (exact) mass is 938 g/mol. The number of carbonyl (C=O) groups excluding carboxylic acids is 5. The molecule has 1 aliphatic heterocycles. The predicted molar refractivity (Wildman–Crippen MR) is 238 cm³/mol. The smallest absolute Gasteiger partial charge is 0.412 e. The van der Waals surface area contributed by atoms with E-state index in [0.29, 0.717) is 44.5 Å². The standard InChI is InChI=1S/C48H76FN3O14/c1-9-35-45(8,62)39(58)29(5)52(23-11-18-46(63,10-2)38(57)27(3)37(56)28(4)40(59)64-35)24-12-21-51-22-17-36(55)66-47(41(60)65-42(50)61)20-16-32-33-14-13-30-25-31(53)15-19-43(30,6)48(33,49)34(54)26-44(32,47)7/h15,19,25,27-29,32-35,37-39,51,54,56-58,62-63H,9-14,16-18,20-24,26H2,1-8H3,(H2,50,61)/t27-,28+,29+,32?,33?,34-,35+,37-,38+,39+,43-,44-,45+,46+,47-,48-/m0/s1. The zero-order valence-electron chi connectivity index (χ0n) is 40.0. The van der Waals surface area contributed by atoms with Gasteiger partial charge < -0.3 is 55.9 Å². The highest BCUT2D eigenvalue weighted by Crippen LogP contribution is 2.70. The molecule has 0 bridgehead atoms. The number of ketones is 1. The zero-order chi connectivity index (χ0) is 49.4. The third-order valence-corrected chi connectivity index (χ3v) is 16.9. The van der Waals surface area contributed by atoms with E-state index in [1.165, 1.54) is 32.1 Å². The van der Waals surface area contributed by atoms with Gasteiger partial charge in [0.2, 0.25) is 5.60 Å². The first kappa shape index (κ1) is 53.6. The number of ether oxygens (including phenoxy) is 3. The minimum absolute atomic E-state index is 0.0948. The van der Waals surface area contributed by atoms with Crippen LogP contribution in [0.5, 0.6) is 0 Å². The Bertz CT molecular complexity index is 1880. The lowest BCUT2D eigenvalue weighted by Gasteiger charge is -2.62. The first-order valence-electron chi connectivity index (χ1n) is 23.9. The van der Waals surface area contributed by atoms with Gasteiger partial charge in [0.1, 0.15) is 17.8 Å². The van der Waals surface area contributed by atoms with Gasteiger partial charge in [0.15, 0.2) is 11.5 Å². The Labute approximate surface area is 387 Å². The van der Waals surface area contributed by atoms with Crippen LogP contribution in [0.15, 0.2) is 23.8 Å².